The van der Waals surface area contributed by atoms with Crippen LogP contribution in [0.3, 0.4) is 0 Å². The second-order valence-corrected chi connectivity index (χ2v) is 3.70. The maximum Gasteiger partial charge on any atom is 0.130 e. The molecule has 0 amide bonds. The van der Waals surface area contributed by atoms with Gasteiger partial charge in [-0.15, -0.1) is 0 Å². The Morgan fingerprint density at radius 3 is 2.71 bits per heavy atom. The van der Waals surface area contributed by atoms with Gasteiger partial charge < -0.3 is 11.5 Å². The third-order valence-corrected chi connectivity index (χ3v) is 2.44. The molecule has 1 rings (SSSR count). The van der Waals surface area contributed by atoms with Gasteiger partial charge in [-0.3, -0.25) is 0 Å². The average molecular weight is 217 g/mol. The van der Waals surface area contributed by atoms with Crippen molar-refractivity contribution in [3.05, 3.63) is 28.5 Å². The van der Waals surface area contributed by atoms with Crippen LogP contribution in [0.15, 0.2) is 12.1 Å². The van der Waals surface area contributed by atoms with Gasteiger partial charge in [0.15, 0.2) is 0 Å². The molecule has 0 radical (unpaired) electrons. The fourth-order valence-electron chi connectivity index (χ4n) is 1.33. The third kappa shape index (κ3) is 2.36. The van der Waals surface area contributed by atoms with Crippen LogP contribution in [-0.2, 0) is 0 Å². The highest BCUT2D eigenvalue weighted by Gasteiger charge is 2.12. The lowest BCUT2D eigenvalue weighted by molar-refractivity contribution is 0.560. The average Bonchev–Trinajstić information content (AvgIpc) is 2.11. The van der Waals surface area contributed by atoms with Crippen molar-refractivity contribution in [1.29, 1.82) is 0 Å². The first-order valence-corrected chi connectivity index (χ1v) is 4.94. The molecule has 78 valence electrons. The molecule has 14 heavy (non-hydrogen) atoms. The van der Waals surface area contributed by atoms with Gasteiger partial charge in [0.25, 0.3) is 0 Å². The number of hydrogen-bond acceptors (Lipinski definition) is 2. The van der Waals surface area contributed by atoms with E-state index in [0.29, 0.717) is 10.6 Å². The maximum atomic E-state index is 13.4. The summed E-state index contributed by atoms with van der Waals surface area (Å²) in [4.78, 5) is 0. The van der Waals surface area contributed by atoms with E-state index < -0.39 is 0 Å². The minimum absolute atomic E-state index is 0.247. The van der Waals surface area contributed by atoms with Crippen molar-refractivity contribution in [3.8, 4) is 0 Å². The third-order valence-electron chi connectivity index (χ3n) is 2.12. The Morgan fingerprint density at radius 2 is 2.14 bits per heavy atom. The highest BCUT2D eigenvalue weighted by molar-refractivity contribution is 6.33. The van der Waals surface area contributed by atoms with Crippen molar-refractivity contribution in [2.24, 2.45) is 5.73 Å². The molecule has 0 unspecified atom stereocenters. The van der Waals surface area contributed by atoms with Crippen LogP contribution in [0.4, 0.5) is 10.1 Å². The highest BCUT2D eigenvalue weighted by atomic mass is 35.5. The van der Waals surface area contributed by atoms with Gasteiger partial charge in [-0.05, 0) is 18.6 Å². The van der Waals surface area contributed by atoms with E-state index in [4.69, 9.17) is 23.1 Å². The fraction of sp³-hybridized carbons (Fsp3) is 0.400. The van der Waals surface area contributed by atoms with E-state index in [1.807, 2.05) is 6.92 Å². The summed E-state index contributed by atoms with van der Waals surface area (Å²) in [6.45, 7) is 2.00. The quantitative estimate of drug-likeness (QED) is 0.764. The van der Waals surface area contributed by atoms with Crippen molar-refractivity contribution in [2.75, 3.05) is 5.73 Å². The summed E-state index contributed by atoms with van der Waals surface area (Å²) in [7, 11) is 0. The highest BCUT2D eigenvalue weighted by Crippen LogP contribution is 2.27. The monoisotopic (exact) mass is 216 g/mol. The van der Waals surface area contributed by atoms with E-state index in [1.165, 1.54) is 12.1 Å². The summed E-state index contributed by atoms with van der Waals surface area (Å²) < 4.78 is 13.4. The standard InChI is InChI=1S/C10H14ClFN2/c1-2-3-9(13)6-4-7(11)10(14)5-8(6)12/h4-5,9H,2-3,13-14H2,1H3/t9-/m1/s1. The van der Waals surface area contributed by atoms with Gasteiger partial charge in [0.05, 0.1) is 10.7 Å². The van der Waals surface area contributed by atoms with E-state index in [1.54, 1.807) is 0 Å². The minimum atomic E-state index is -0.382. The summed E-state index contributed by atoms with van der Waals surface area (Å²) in [5.74, 6) is -0.382. The number of benzene rings is 1. The molecule has 1 aromatic rings. The molecular formula is C10H14ClFN2. The molecule has 0 heterocycles. The van der Waals surface area contributed by atoms with Crippen LogP contribution in [0.25, 0.3) is 0 Å². The predicted molar refractivity (Wildman–Crippen MR) is 57.7 cm³/mol. The second-order valence-electron chi connectivity index (χ2n) is 3.29. The molecule has 4 N–H and O–H groups in total. The number of hydrogen-bond donors (Lipinski definition) is 2. The summed E-state index contributed by atoms with van der Waals surface area (Å²) in [5.41, 5.74) is 11.9. The first kappa shape index (κ1) is 11.3. The van der Waals surface area contributed by atoms with Crippen LogP contribution in [0.5, 0.6) is 0 Å². The Bertz CT molecular complexity index is 328. The van der Waals surface area contributed by atoms with Crippen LogP contribution in [0.2, 0.25) is 5.02 Å². The van der Waals surface area contributed by atoms with Gasteiger partial charge in [-0.1, -0.05) is 24.9 Å². The van der Waals surface area contributed by atoms with E-state index in [9.17, 15) is 4.39 Å². The van der Waals surface area contributed by atoms with Crippen LogP contribution in [0.1, 0.15) is 31.4 Å². The molecule has 2 nitrogen and oxygen atoms in total. The van der Waals surface area contributed by atoms with Crippen molar-refractivity contribution >= 4 is 17.3 Å². The second kappa shape index (κ2) is 4.62. The van der Waals surface area contributed by atoms with Gasteiger partial charge in [-0.25, -0.2) is 4.39 Å². The molecule has 0 aromatic heterocycles. The Morgan fingerprint density at radius 1 is 1.50 bits per heavy atom. The topological polar surface area (TPSA) is 52.0 Å². The SMILES string of the molecule is CCC[C@@H](N)c1cc(Cl)c(N)cc1F. The Hall–Kier alpha value is -0.800. The van der Waals surface area contributed by atoms with E-state index in [2.05, 4.69) is 0 Å². The maximum absolute atomic E-state index is 13.4. The molecule has 0 saturated heterocycles. The molecule has 0 spiro atoms. The lowest BCUT2D eigenvalue weighted by atomic mass is 10.0. The first-order chi connectivity index (χ1) is 6.56. The summed E-state index contributed by atoms with van der Waals surface area (Å²) >= 11 is 5.78. The van der Waals surface area contributed by atoms with Crippen molar-refractivity contribution in [3.63, 3.8) is 0 Å². The molecule has 0 bridgehead atoms. The van der Waals surface area contributed by atoms with Gasteiger partial charge in [0.1, 0.15) is 5.82 Å². The van der Waals surface area contributed by atoms with Crippen molar-refractivity contribution in [2.45, 2.75) is 25.8 Å². The predicted octanol–water partition coefficient (Wildman–Crippen LogP) is 2.86. The van der Waals surface area contributed by atoms with Gasteiger partial charge in [0, 0.05) is 11.6 Å². The van der Waals surface area contributed by atoms with Crippen LogP contribution < -0.4 is 11.5 Å². The number of rotatable bonds is 3. The van der Waals surface area contributed by atoms with E-state index >= 15 is 0 Å². The lowest BCUT2D eigenvalue weighted by Crippen LogP contribution is -2.12. The van der Waals surface area contributed by atoms with Crippen molar-refractivity contribution in [1.82, 2.24) is 0 Å². The summed E-state index contributed by atoms with van der Waals surface area (Å²) in [5, 5.41) is 0.355. The van der Waals surface area contributed by atoms with E-state index in [0.717, 1.165) is 12.8 Å². The molecule has 1 aromatic carbocycles. The van der Waals surface area contributed by atoms with Gasteiger partial charge >= 0.3 is 0 Å². The molecule has 1 atom stereocenters. The zero-order valence-corrected chi connectivity index (χ0v) is 8.81. The Labute approximate surface area is 88.0 Å². The van der Waals surface area contributed by atoms with Crippen LogP contribution in [0, 0.1) is 5.82 Å². The molecule has 0 aliphatic heterocycles. The largest absolute Gasteiger partial charge is 0.397 e. The normalized spacial score (nSPS) is 12.9. The first-order valence-electron chi connectivity index (χ1n) is 4.56. The smallest absolute Gasteiger partial charge is 0.130 e. The minimum Gasteiger partial charge on any atom is -0.397 e. The van der Waals surface area contributed by atoms with E-state index in [-0.39, 0.29) is 17.5 Å². The van der Waals surface area contributed by atoms with Gasteiger partial charge in [0.2, 0.25) is 0 Å². The molecular weight excluding hydrogens is 203 g/mol. The van der Waals surface area contributed by atoms with Gasteiger partial charge in [-0.2, -0.15) is 0 Å². The van der Waals surface area contributed by atoms with Crippen molar-refractivity contribution < 1.29 is 4.39 Å². The zero-order chi connectivity index (χ0) is 10.7. The zero-order valence-electron chi connectivity index (χ0n) is 8.06. The summed E-state index contributed by atoms with van der Waals surface area (Å²) in [6.07, 6.45) is 1.64. The molecule has 0 saturated carbocycles. The van der Waals surface area contributed by atoms with Crippen LogP contribution >= 0.6 is 11.6 Å². The lowest BCUT2D eigenvalue weighted by Gasteiger charge is -2.12. The number of nitrogens with two attached hydrogens (primary N) is 2. The molecule has 0 aliphatic rings. The molecule has 0 aliphatic carbocycles. The number of anilines is 1. The Balaban J connectivity index is 3.02. The number of nitrogen functional groups attached to an aromatic ring is 1. The molecule has 0 fully saturated rings. The Kier molecular flexibility index (Phi) is 3.72. The number of halogens is 2. The fourth-order valence-corrected chi connectivity index (χ4v) is 1.50. The molecule has 4 heteroatoms. The summed E-state index contributed by atoms with van der Waals surface area (Å²) in [6, 6.07) is 2.41. The van der Waals surface area contributed by atoms with Crippen LogP contribution in [-0.4, -0.2) is 0 Å².